The third-order valence-electron chi connectivity index (χ3n) is 5.32. The standard InChI is InChI=1S/C22H26N4O5S2/c1-4-9-26-17-13-33(28,29)14-20(17)32-22(26)25-12-16(11-23)21(27)24-8-7-15-5-6-18(30-2)19(10-15)31-3/h4-6,10,12,17,20H,1,7-9,13-14H2,2-3H3,(H,24,27)/b16-12+,25-22?/t17-,20+/m0/s1. The molecule has 3 rings (SSSR count). The molecule has 1 aromatic rings. The first-order valence-corrected chi connectivity index (χ1v) is 12.9. The van der Waals surface area contributed by atoms with E-state index in [4.69, 9.17) is 9.47 Å². The van der Waals surface area contributed by atoms with Crippen molar-refractivity contribution in [1.29, 1.82) is 5.26 Å². The highest BCUT2D eigenvalue weighted by molar-refractivity contribution is 8.15. The van der Waals surface area contributed by atoms with Gasteiger partial charge in [0.05, 0.1) is 38.0 Å². The molecule has 0 saturated carbocycles. The van der Waals surface area contributed by atoms with Gasteiger partial charge in [0.25, 0.3) is 5.91 Å². The minimum atomic E-state index is -3.07. The van der Waals surface area contributed by atoms with Crippen molar-refractivity contribution in [1.82, 2.24) is 10.2 Å². The number of rotatable bonds is 9. The number of nitrogens with one attached hydrogen (secondary N) is 1. The molecule has 0 unspecified atom stereocenters. The van der Waals surface area contributed by atoms with Gasteiger partial charge in [-0.3, -0.25) is 4.79 Å². The fourth-order valence-corrected chi connectivity index (χ4v) is 7.65. The van der Waals surface area contributed by atoms with E-state index in [0.29, 0.717) is 36.2 Å². The number of ether oxygens (including phenoxy) is 2. The lowest BCUT2D eigenvalue weighted by Crippen LogP contribution is -2.37. The van der Waals surface area contributed by atoms with Gasteiger partial charge in [0.2, 0.25) is 0 Å². The van der Waals surface area contributed by atoms with Crippen LogP contribution in [0.1, 0.15) is 5.56 Å². The van der Waals surface area contributed by atoms with Crippen molar-refractivity contribution in [3.05, 3.63) is 48.2 Å². The fourth-order valence-electron chi connectivity index (χ4n) is 3.71. The van der Waals surface area contributed by atoms with Gasteiger partial charge in [0, 0.05) is 18.3 Å². The molecule has 2 heterocycles. The Morgan fingerprint density at radius 1 is 1.36 bits per heavy atom. The molecule has 1 amide bonds. The summed E-state index contributed by atoms with van der Waals surface area (Å²) in [7, 11) is 0.0469. The third-order valence-corrected chi connectivity index (χ3v) is 8.58. The Hall–Kier alpha value is -2.97. The van der Waals surface area contributed by atoms with Crippen LogP contribution in [0.5, 0.6) is 11.5 Å². The molecule has 0 bridgehead atoms. The normalized spacial score (nSPS) is 22.5. The molecule has 1 N–H and O–H groups in total. The number of amidine groups is 1. The van der Waals surface area contributed by atoms with Crippen LogP contribution in [0.15, 0.2) is 47.6 Å². The monoisotopic (exact) mass is 490 g/mol. The number of fused-ring (bicyclic) bond motifs is 1. The first kappa shape index (κ1) is 24.7. The summed E-state index contributed by atoms with van der Waals surface area (Å²) in [5.74, 6) is 0.869. The molecule has 0 aliphatic carbocycles. The van der Waals surface area contributed by atoms with Crippen molar-refractivity contribution in [3.8, 4) is 17.6 Å². The van der Waals surface area contributed by atoms with Crippen LogP contribution in [-0.2, 0) is 21.1 Å². The minimum absolute atomic E-state index is 0.0724. The SMILES string of the molecule is C=CCN1C(=N/C=C(\C#N)C(=O)NCCc2ccc(OC)c(OC)c2)S[C@@H]2CS(=O)(=O)C[C@@H]21. The number of hydrogen-bond acceptors (Lipinski definition) is 8. The summed E-state index contributed by atoms with van der Waals surface area (Å²) in [6.45, 7) is 4.49. The Kier molecular flexibility index (Phi) is 8.05. The second kappa shape index (κ2) is 10.8. The lowest BCUT2D eigenvalue weighted by Gasteiger charge is -2.22. The van der Waals surface area contributed by atoms with Crippen LogP contribution in [0.2, 0.25) is 0 Å². The maximum Gasteiger partial charge on any atom is 0.263 e. The van der Waals surface area contributed by atoms with Gasteiger partial charge in [-0.15, -0.1) is 6.58 Å². The molecule has 9 nitrogen and oxygen atoms in total. The van der Waals surface area contributed by atoms with Gasteiger partial charge in [-0.1, -0.05) is 23.9 Å². The van der Waals surface area contributed by atoms with Gasteiger partial charge in [0.1, 0.15) is 11.6 Å². The van der Waals surface area contributed by atoms with Crippen LogP contribution in [0, 0.1) is 11.3 Å². The highest BCUT2D eigenvalue weighted by Crippen LogP contribution is 2.38. The Morgan fingerprint density at radius 3 is 2.79 bits per heavy atom. The van der Waals surface area contributed by atoms with Gasteiger partial charge in [-0.05, 0) is 24.1 Å². The third kappa shape index (κ3) is 5.89. The molecular weight excluding hydrogens is 464 g/mol. The highest BCUT2D eigenvalue weighted by atomic mass is 32.2. The Morgan fingerprint density at radius 2 is 2.12 bits per heavy atom. The second-order valence-electron chi connectivity index (χ2n) is 7.50. The summed E-state index contributed by atoms with van der Waals surface area (Å²) >= 11 is 1.36. The quantitative estimate of drug-likeness (QED) is 0.314. The summed E-state index contributed by atoms with van der Waals surface area (Å²) < 4.78 is 34.4. The molecule has 2 saturated heterocycles. The number of hydrogen-bond donors (Lipinski definition) is 1. The number of aliphatic imine (C=N–C) groups is 1. The highest BCUT2D eigenvalue weighted by Gasteiger charge is 2.48. The Labute approximate surface area is 198 Å². The summed E-state index contributed by atoms with van der Waals surface area (Å²) in [5, 5.41) is 12.6. The zero-order chi connectivity index (χ0) is 24.0. The minimum Gasteiger partial charge on any atom is -0.493 e. The number of amides is 1. The molecule has 176 valence electrons. The average Bonchev–Trinajstić information content (AvgIpc) is 3.26. The zero-order valence-corrected chi connectivity index (χ0v) is 20.1. The number of carbonyl (C=O) groups is 1. The number of carbonyl (C=O) groups excluding carboxylic acids is 1. The van der Waals surface area contributed by atoms with Crippen LogP contribution in [0.25, 0.3) is 0 Å². The van der Waals surface area contributed by atoms with Crippen LogP contribution < -0.4 is 14.8 Å². The first-order chi connectivity index (χ1) is 15.8. The molecule has 1 aromatic carbocycles. The molecule has 0 spiro atoms. The lowest BCUT2D eigenvalue weighted by atomic mass is 10.1. The number of thioether (sulfide) groups is 1. The van der Waals surface area contributed by atoms with Crippen molar-refractivity contribution in [3.63, 3.8) is 0 Å². The smallest absolute Gasteiger partial charge is 0.263 e. The van der Waals surface area contributed by atoms with Crippen molar-refractivity contribution < 1.29 is 22.7 Å². The molecule has 2 fully saturated rings. The van der Waals surface area contributed by atoms with Gasteiger partial charge in [-0.2, -0.15) is 5.26 Å². The first-order valence-electron chi connectivity index (χ1n) is 10.2. The summed E-state index contributed by atoms with van der Waals surface area (Å²) in [4.78, 5) is 18.7. The van der Waals surface area contributed by atoms with Crippen LogP contribution >= 0.6 is 11.8 Å². The number of nitriles is 1. The van der Waals surface area contributed by atoms with E-state index in [2.05, 4.69) is 16.9 Å². The maximum atomic E-state index is 12.4. The predicted octanol–water partition coefficient (Wildman–Crippen LogP) is 1.53. The maximum absolute atomic E-state index is 12.4. The van der Waals surface area contributed by atoms with Crippen molar-refractivity contribution in [2.45, 2.75) is 17.7 Å². The largest absolute Gasteiger partial charge is 0.493 e. The average molecular weight is 491 g/mol. The van der Waals surface area contributed by atoms with Crippen LogP contribution in [-0.4, -0.2) is 74.5 Å². The molecule has 33 heavy (non-hydrogen) atoms. The van der Waals surface area contributed by atoms with Gasteiger partial charge in [-0.25, -0.2) is 13.4 Å². The summed E-state index contributed by atoms with van der Waals surface area (Å²) in [6.07, 6.45) is 3.46. The van der Waals surface area contributed by atoms with Crippen molar-refractivity contribution >= 4 is 32.7 Å². The van der Waals surface area contributed by atoms with Gasteiger partial charge >= 0.3 is 0 Å². The molecule has 0 radical (unpaired) electrons. The van der Waals surface area contributed by atoms with E-state index < -0.39 is 15.7 Å². The molecule has 2 aliphatic heterocycles. The Bertz CT molecular complexity index is 1120. The van der Waals surface area contributed by atoms with E-state index in [1.54, 1.807) is 26.4 Å². The topological polar surface area (TPSA) is 121 Å². The van der Waals surface area contributed by atoms with Crippen LogP contribution in [0.4, 0.5) is 0 Å². The van der Waals surface area contributed by atoms with Gasteiger partial charge in [0.15, 0.2) is 26.5 Å². The molecule has 2 atom stereocenters. The fraction of sp³-hybridized carbons (Fsp3) is 0.409. The number of benzene rings is 1. The van der Waals surface area contributed by atoms with Crippen molar-refractivity contribution in [2.75, 3.05) is 38.8 Å². The molecule has 2 aliphatic rings. The number of sulfone groups is 1. The van der Waals surface area contributed by atoms with Crippen molar-refractivity contribution in [2.24, 2.45) is 4.99 Å². The molecule has 11 heteroatoms. The van der Waals surface area contributed by atoms with E-state index in [1.165, 1.54) is 18.0 Å². The number of methoxy groups -OCH3 is 2. The van der Waals surface area contributed by atoms with E-state index in [9.17, 15) is 18.5 Å². The zero-order valence-electron chi connectivity index (χ0n) is 18.5. The molecule has 0 aromatic heterocycles. The Balaban J connectivity index is 1.63. The summed E-state index contributed by atoms with van der Waals surface area (Å²) in [5.41, 5.74) is 0.818. The van der Waals surface area contributed by atoms with E-state index in [-0.39, 0.29) is 28.4 Å². The lowest BCUT2D eigenvalue weighted by molar-refractivity contribution is -0.117. The van der Waals surface area contributed by atoms with E-state index in [1.807, 2.05) is 23.1 Å². The molecular formula is C22H26N4O5S2. The van der Waals surface area contributed by atoms with Gasteiger partial charge < -0.3 is 19.7 Å². The predicted molar refractivity (Wildman–Crippen MR) is 128 cm³/mol. The second-order valence-corrected chi connectivity index (χ2v) is 10.9. The van der Waals surface area contributed by atoms with E-state index in [0.717, 1.165) is 5.56 Å². The van der Waals surface area contributed by atoms with E-state index >= 15 is 0 Å². The number of nitrogens with zero attached hydrogens (tertiary/aromatic N) is 3. The summed E-state index contributed by atoms with van der Waals surface area (Å²) in [6, 6.07) is 7.21. The van der Waals surface area contributed by atoms with Crippen LogP contribution in [0.3, 0.4) is 0 Å².